The monoisotopic (exact) mass is 369 g/mol. The van der Waals surface area contributed by atoms with E-state index in [4.69, 9.17) is 11.6 Å². The number of hydrogen-bond acceptors (Lipinski definition) is 4. The van der Waals surface area contributed by atoms with Crippen LogP contribution in [0.4, 0.5) is 0 Å². The molecule has 2 aromatic heterocycles. The number of rotatable bonds is 6. The molecular formula is C19H20ClN5O. The lowest BCUT2D eigenvalue weighted by atomic mass is 10.1. The Balaban J connectivity index is 1.59. The van der Waals surface area contributed by atoms with Crippen molar-refractivity contribution >= 4 is 17.5 Å². The topological polar surface area (TPSA) is 72.7 Å². The molecule has 6 nitrogen and oxygen atoms in total. The van der Waals surface area contributed by atoms with E-state index >= 15 is 0 Å². The number of nitrogens with one attached hydrogen (secondary N) is 1. The van der Waals surface area contributed by atoms with E-state index in [0.717, 1.165) is 16.8 Å². The van der Waals surface area contributed by atoms with E-state index in [1.807, 2.05) is 50.2 Å². The van der Waals surface area contributed by atoms with Gasteiger partial charge in [0.2, 0.25) is 0 Å². The highest BCUT2D eigenvalue weighted by molar-refractivity contribution is 6.30. The summed E-state index contributed by atoms with van der Waals surface area (Å²) >= 11 is 5.88. The molecule has 1 N–H and O–H groups in total. The molecule has 3 aromatic rings. The molecule has 2 heterocycles. The second-order valence-electron chi connectivity index (χ2n) is 6.27. The zero-order chi connectivity index (χ0) is 18.5. The van der Waals surface area contributed by atoms with Crippen molar-refractivity contribution in [3.05, 3.63) is 76.3 Å². The number of carbonyl (C=O) groups is 1. The zero-order valence-electron chi connectivity index (χ0n) is 14.7. The maximum Gasteiger partial charge on any atom is 0.273 e. The van der Waals surface area contributed by atoms with Crippen molar-refractivity contribution in [1.82, 2.24) is 25.3 Å². The third-order valence-corrected chi connectivity index (χ3v) is 4.28. The minimum Gasteiger partial charge on any atom is -0.348 e. The van der Waals surface area contributed by atoms with Crippen LogP contribution in [0.3, 0.4) is 0 Å². The van der Waals surface area contributed by atoms with Gasteiger partial charge >= 0.3 is 0 Å². The fourth-order valence-electron chi connectivity index (χ4n) is 2.63. The van der Waals surface area contributed by atoms with Gasteiger partial charge in [-0.05, 0) is 43.2 Å². The molecule has 3 rings (SSSR count). The van der Waals surface area contributed by atoms with E-state index in [9.17, 15) is 4.79 Å². The Morgan fingerprint density at radius 2 is 2.04 bits per heavy atom. The first-order valence-electron chi connectivity index (χ1n) is 8.37. The maximum absolute atomic E-state index is 12.4. The number of pyridine rings is 1. The molecule has 0 aliphatic rings. The van der Waals surface area contributed by atoms with Crippen LogP contribution in [-0.2, 0) is 13.0 Å². The van der Waals surface area contributed by atoms with Gasteiger partial charge in [-0.1, -0.05) is 35.0 Å². The molecule has 0 saturated heterocycles. The Morgan fingerprint density at radius 3 is 2.77 bits per heavy atom. The first-order valence-corrected chi connectivity index (χ1v) is 8.75. The predicted octanol–water partition coefficient (Wildman–Crippen LogP) is 3.04. The van der Waals surface area contributed by atoms with Gasteiger partial charge in [0.15, 0.2) is 5.69 Å². The summed E-state index contributed by atoms with van der Waals surface area (Å²) in [6, 6.07) is 11.3. The third kappa shape index (κ3) is 4.67. The standard InChI is InChI=1S/C19H20ClN5O/c1-13-4-3-9-21-17(13)10-14(2)22-19(26)18-12-25(24-23-18)11-15-5-7-16(20)8-6-15/h3-9,12,14H,10-11H2,1-2H3,(H,22,26)/t14-/m0/s1. The van der Waals surface area contributed by atoms with Crippen LogP contribution in [0.2, 0.25) is 5.02 Å². The highest BCUT2D eigenvalue weighted by Crippen LogP contribution is 2.11. The van der Waals surface area contributed by atoms with Crippen LogP contribution < -0.4 is 5.32 Å². The minimum absolute atomic E-state index is 0.0579. The lowest BCUT2D eigenvalue weighted by Crippen LogP contribution is -2.34. The van der Waals surface area contributed by atoms with Gasteiger partial charge in [0.05, 0.1) is 12.7 Å². The van der Waals surface area contributed by atoms with Gasteiger partial charge in [0, 0.05) is 29.4 Å². The highest BCUT2D eigenvalue weighted by atomic mass is 35.5. The molecule has 1 amide bonds. The second kappa shape index (κ2) is 8.10. The van der Waals surface area contributed by atoms with Crippen LogP contribution in [0.25, 0.3) is 0 Å². The maximum atomic E-state index is 12.4. The average Bonchev–Trinajstić information content (AvgIpc) is 3.08. The van der Waals surface area contributed by atoms with Gasteiger partial charge < -0.3 is 5.32 Å². The summed E-state index contributed by atoms with van der Waals surface area (Å²) in [5, 5.41) is 11.6. The lowest BCUT2D eigenvalue weighted by molar-refractivity contribution is 0.0934. The van der Waals surface area contributed by atoms with Crippen LogP contribution in [0.1, 0.15) is 34.2 Å². The van der Waals surface area contributed by atoms with Crippen molar-refractivity contribution in [2.24, 2.45) is 0 Å². The smallest absolute Gasteiger partial charge is 0.273 e. The molecule has 0 bridgehead atoms. The molecule has 0 aliphatic heterocycles. The largest absolute Gasteiger partial charge is 0.348 e. The molecule has 0 fully saturated rings. The number of nitrogens with zero attached hydrogens (tertiary/aromatic N) is 4. The summed E-state index contributed by atoms with van der Waals surface area (Å²) < 4.78 is 1.63. The lowest BCUT2D eigenvalue weighted by Gasteiger charge is -2.13. The zero-order valence-corrected chi connectivity index (χ0v) is 15.4. The first-order chi connectivity index (χ1) is 12.5. The number of carbonyl (C=O) groups excluding carboxylic acids is 1. The van der Waals surface area contributed by atoms with Gasteiger partial charge in [-0.2, -0.15) is 0 Å². The second-order valence-corrected chi connectivity index (χ2v) is 6.71. The molecule has 134 valence electrons. The Kier molecular flexibility index (Phi) is 5.63. The summed E-state index contributed by atoms with van der Waals surface area (Å²) in [5.74, 6) is -0.242. The fourth-order valence-corrected chi connectivity index (χ4v) is 2.75. The van der Waals surface area contributed by atoms with Crippen molar-refractivity contribution in [2.75, 3.05) is 0 Å². The molecule has 26 heavy (non-hydrogen) atoms. The number of aryl methyl sites for hydroxylation is 1. The van der Waals surface area contributed by atoms with E-state index in [0.29, 0.717) is 23.7 Å². The molecule has 0 saturated carbocycles. The summed E-state index contributed by atoms with van der Waals surface area (Å²) in [4.78, 5) is 16.7. The van der Waals surface area contributed by atoms with Crippen LogP contribution in [0, 0.1) is 6.92 Å². The van der Waals surface area contributed by atoms with Crippen LogP contribution in [0.5, 0.6) is 0 Å². The summed E-state index contributed by atoms with van der Waals surface area (Å²) in [6.45, 7) is 4.49. The summed E-state index contributed by atoms with van der Waals surface area (Å²) in [5.41, 5.74) is 3.42. The van der Waals surface area contributed by atoms with Crippen LogP contribution >= 0.6 is 11.6 Å². The molecule has 0 spiro atoms. The Labute approximate surface area is 157 Å². The van der Waals surface area contributed by atoms with E-state index in [1.54, 1.807) is 17.1 Å². The Morgan fingerprint density at radius 1 is 1.27 bits per heavy atom. The van der Waals surface area contributed by atoms with Gasteiger partial charge in [-0.15, -0.1) is 5.10 Å². The molecule has 0 unspecified atom stereocenters. The third-order valence-electron chi connectivity index (χ3n) is 4.02. The minimum atomic E-state index is -0.242. The summed E-state index contributed by atoms with van der Waals surface area (Å²) in [6.07, 6.45) is 4.07. The number of halogens is 1. The quantitative estimate of drug-likeness (QED) is 0.724. The summed E-state index contributed by atoms with van der Waals surface area (Å²) in [7, 11) is 0. The van der Waals surface area contributed by atoms with Gasteiger partial charge in [0.25, 0.3) is 5.91 Å². The number of hydrogen-bond donors (Lipinski definition) is 1. The number of amides is 1. The van der Waals surface area contributed by atoms with Crippen molar-refractivity contribution in [3.63, 3.8) is 0 Å². The van der Waals surface area contributed by atoms with Crippen LogP contribution in [-0.4, -0.2) is 31.9 Å². The van der Waals surface area contributed by atoms with E-state index in [-0.39, 0.29) is 11.9 Å². The SMILES string of the molecule is Cc1cccnc1C[C@H](C)NC(=O)c1cn(Cc2ccc(Cl)cc2)nn1. The van der Waals surface area contributed by atoms with Crippen molar-refractivity contribution in [2.45, 2.75) is 32.9 Å². The van der Waals surface area contributed by atoms with Gasteiger partial charge in [0.1, 0.15) is 0 Å². The van der Waals surface area contributed by atoms with Crippen molar-refractivity contribution < 1.29 is 4.79 Å². The highest BCUT2D eigenvalue weighted by Gasteiger charge is 2.15. The molecule has 1 aromatic carbocycles. The average molecular weight is 370 g/mol. The van der Waals surface area contributed by atoms with Crippen molar-refractivity contribution in [1.29, 1.82) is 0 Å². The number of benzene rings is 1. The predicted molar refractivity (Wildman–Crippen MR) is 100 cm³/mol. The first kappa shape index (κ1) is 18.1. The number of aromatic nitrogens is 4. The fraction of sp³-hybridized carbons (Fsp3) is 0.263. The van der Waals surface area contributed by atoms with E-state index in [1.165, 1.54) is 0 Å². The van der Waals surface area contributed by atoms with Gasteiger partial charge in [-0.3, -0.25) is 9.78 Å². The molecular weight excluding hydrogens is 350 g/mol. The normalized spacial score (nSPS) is 12.0. The molecule has 0 radical (unpaired) electrons. The van der Waals surface area contributed by atoms with E-state index < -0.39 is 0 Å². The Bertz CT molecular complexity index is 891. The molecule has 0 aliphatic carbocycles. The van der Waals surface area contributed by atoms with E-state index in [2.05, 4.69) is 20.6 Å². The van der Waals surface area contributed by atoms with Crippen molar-refractivity contribution in [3.8, 4) is 0 Å². The van der Waals surface area contributed by atoms with Gasteiger partial charge in [-0.25, -0.2) is 4.68 Å². The molecule has 1 atom stereocenters. The molecule has 7 heteroatoms. The van der Waals surface area contributed by atoms with Crippen LogP contribution in [0.15, 0.2) is 48.8 Å². The Hall–Kier alpha value is -2.73.